The van der Waals surface area contributed by atoms with Gasteiger partial charge in [0, 0.05) is 17.8 Å². The van der Waals surface area contributed by atoms with Crippen LogP contribution in [-0.2, 0) is 0 Å². The average molecular weight is 286 g/mol. The van der Waals surface area contributed by atoms with Gasteiger partial charge >= 0.3 is 0 Å². The van der Waals surface area contributed by atoms with Crippen LogP contribution in [-0.4, -0.2) is 18.6 Å². The Balaban J connectivity index is 1.71. The van der Waals surface area contributed by atoms with Gasteiger partial charge < -0.3 is 10.6 Å². The highest BCUT2D eigenvalue weighted by atomic mass is 15.0. The van der Waals surface area contributed by atoms with Crippen LogP contribution in [0.4, 0.5) is 5.69 Å². The first-order valence-corrected chi connectivity index (χ1v) is 8.81. The lowest BCUT2D eigenvalue weighted by atomic mass is 9.77. The number of nitrogens with one attached hydrogen (secondary N) is 2. The zero-order valence-electron chi connectivity index (χ0n) is 13.6. The van der Waals surface area contributed by atoms with Crippen molar-refractivity contribution in [3.8, 4) is 0 Å². The summed E-state index contributed by atoms with van der Waals surface area (Å²) >= 11 is 0. The van der Waals surface area contributed by atoms with Crippen molar-refractivity contribution in [3.05, 3.63) is 29.3 Å². The second-order valence-corrected chi connectivity index (χ2v) is 7.07. The molecule has 2 heteroatoms. The summed E-state index contributed by atoms with van der Waals surface area (Å²) in [5.41, 5.74) is 4.08. The maximum Gasteiger partial charge on any atom is 0.0372 e. The Morgan fingerprint density at radius 3 is 2.57 bits per heavy atom. The molecule has 3 unspecified atom stereocenters. The Hall–Kier alpha value is -1.02. The van der Waals surface area contributed by atoms with E-state index in [0.29, 0.717) is 6.04 Å². The van der Waals surface area contributed by atoms with Crippen molar-refractivity contribution in [3.63, 3.8) is 0 Å². The van der Waals surface area contributed by atoms with Gasteiger partial charge in [-0.15, -0.1) is 0 Å². The van der Waals surface area contributed by atoms with Crippen molar-refractivity contribution in [2.75, 3.05) is 11.9 Å². The Kier molecular flexibility index (Phi) is 4.84. The molecule has 0 aromatic heterocycles. The molecule has 0 radical (unpaired) electrons. The molecule has 2 N–H and O–H groups in total. The van der Waals surface area contributed by atoms with Gasteiger partial charge in [-0.2, -0.15) is 0 Å². The van der Waals surface area contributed by atoms with E-state index in [1.807, 2.05) is 0 Å². The summed E-state index contributed by atoms with van der Waals surface area (Å²) in [6.07, 6.45) is 9.65. The molecule has 0 spiro atoms. The Morgan fingerprint density at radius 2 is 1.81 bits per heavy atom. The van der Waals surface area contributed by atoms with Gasteiger partial charge in [-0.1, -0.05) is 37.0 Å². The maximum absolute atomic E-state index is 3.88. The van der Waals surface area contributed by atoms with E-state index < -0.39 is 0 Å². The molecule has 2 aliphatic rings. The van der Waals surface area contributed by atoms with Crippen LogP contribution < -0.4 is 10.6 Å². The molecule has 3 rings (SSSR count). The molecule has 2 fully saturated rings. The van der Waals surface area contributed by atoms with Crippen molar-refractivity contribution in [2.45, 2.75) is 70.9 Å². The predicted octanol–water partition coefficient (Wildman–Crippen LogP) is 4.42. The smallest absolute Gasteiger partial charge is 0.0372 e. The Bertz CT molecular complexity index is 463. The number of hydrogen-bond acceptors (Lipinski definition) is 2. The molecule has 0 bridgehead atoms. The number of anilines is 1. The first kappa shape index (κ1) is 14.9. The maximum atomic E-state index is 3.88. The van der Waals surface area contributed by atoms with Gasteiger partial charge in [-0.3, -0.25) is 0 Å². The predicted molar refractivity (Wildman–Crippen MR) is 90.9 cm³/mol. The van der Waals surface area contributed by atoms with Crippen molar-refractivity contribution >= 4 is 5.69 Å². The molecular weight excluding hydrogens is 256 g/mol. The molecule has 0 amide bonds. The van der Waals surface area contributed by atoms with E-state index in [0.717, 1.165) is 12.0 Å². The fraction of sp³-hybridized carbons (Fsp3) is 0.684. The largest absolute Gasteiger partial charge is 0.382 e. The van der Waals surface area contributed by atoms with Crippen LogP contribution in [0.3, 0.4) is 0 Å². The van der Waals surface area contributed by atoms with Gasteiger partial charge in [0.25, 0.3) is 0 Å². The summed E-state index contributed by atoms with van der Waals surface area (Å²) in [5.74, 6) is 0.805. The number of aryl methyl sites for hydroxylation is 2. The third kappa shape index (κ3) is 3.60. The summed E-state index contributed by atoms with van der Waals surface area (Å²) in [7, 11) is 0. The van der Waals surface area contributed by atoms with Gasteiger partial charge in [0.2, 0.25) is 0 Å². The molecule has 1 saturated heterocycles. The second kappa shape index (κ2) is 6.83. The van der Waals surface area contributed by atoms with Gasteiger partial charge in [-0.25, -0.2) is 0 Å². The van der Waals surface area contributed by atoms with Gasteiger partial charge in [0.05, 0.1) is 0 Å². The molecule has 1 aromatic rings. The lowest BCUT2D eigenvalue weighted by Gasteiger charge is -2.40. The van der Waals surface area contributed by atoms with Crippen molar-refractivity contribution in [1.82, 2.24) is 5.32 Å². The highest BCUT2D eigenvalue weighted by Gasteiger charge is 2.32. The summed E-state index contributed by atoms with van der Waals surface area (Å²) in [5, 5.41) is 7.67. The van der Waals surface area contributed by atoms with E-state index in [1.165, 1.54) is 68.3 Å². The van der Waals surface area contributed by atoms with Crippen LogP contribution in [0.5, 0.6) is 0 Å². The monoisotopic (exact) mass is 286 g/mol. The van der Waals surface area contributed by atoms with E-state index in [9.17, 15) is 0 Å². The summed E-state index contributed by atoms with van der Waals surface area (Å²) in [6, 6.07) is 8.17. The van der Waals surface area contributed by atoms with E-state index in [4.69, 9.17) is 0 Å². The standard InChI is InChI=1S/C19H30N2/c1-14-10-11-17(15(2)13-14)21-19-9-4-3-7-16(19)18-8-5-6-12-20-18/h10-11,13,16,18-21H,3-9,12H2,1-2H3. The Morgan fingerprint density at radius 1 is 1.00 bits per heavy atom. The van der Waals surface area contributed by atoms with Crippen molar-refractivity contribution in [1.29, 1.82) is 0 Å². The average Bonchev–Trinajstić information content (AvgIpc) is 2.51. The first-order valence-electron chi connectivity index (χ1n) is 8.81. The normalized spacial score (nSPS) is 30.1. The molecule has 1 heterocycles. The van der Waals surface area contributed by atoms with E-state index in [1.54, 1.807) is 0 Å². The van der Waals surface area contributed by atoms with Gasteiger partial charge in [0.15, 0.2) is 0 Å². The molecule has 1 aliphatic carbocycles. The van der Waals surface area contributed by atoms with Crippen LogP contribution in [0.25, 0.3) is 0 Å². The summed E-state index contributed by atoms with van der Waals surface area (Å²) in [6.45, 7) is 5.62. The number of benzene rings is 1. The quantitative estimate of drug-likeness (QED) is 0.859. The topological polar surface area (TPSA) is 24.1 Å². The van der Waals surface area contributed by atoms with E-state index in [-0.39, 0.29) is 0 Å². The minimum atomic E-state index is 0.649. The molecular formula is C19H30N2. The SMILES string of the molecule is Cc1ccc(NC2CCCCC2C2CCCCN2)c(C)c1. The highest BCUT2D eigenvalue weighted by Crippen LogP contribution is 2.33. The van der Waals surface area contributed by atoms with Crippen LogP contribution in [0.1, 0.15) is 56.1 Å². The molecule has 1 aromatic carbocycles. The third-order valence-corrected chi connectivity index (χ3v) is 5.41. The van der Waals surface area contributed by atoms with E-state index in [2.05, 4.69) is 42.7 Å². The Labute approximate surface area is 129 Å². The molecule has 1 aliphatic heterocycles. The summed E-state index contributed by atoms with van der Waals surface area (Å²) < 4.78 is 0. The van der Waals surface area contributed by atoms with Crippen molar-refractivity contribution in [2.24, 2.45) is 5.92 Å². The molecule has 116 valence electrons. The van der Waals surface area contributed by atoms with Crippen LogP contribution in [0.2, 0.25) is 0 Å². The zero-order chi connectivity index (χ0) is 14.7. The third-order valence-electron chi connectivity index (χ3n) is 5.41. The van der Waals surface area contributed by atoms with Crippen LogP contribution in [0, 0.1) is 19.8 Å². The van der Waals surface area contributed by atoms with Crippen LogP contribution >= 0.6 is 0 Å². The first-order chi connectivity index (χ1) is 10.2. The van der Waals surface area contributed by atoms with E-state index >= 15 is 0 Å². The lowest BCUT2D eigenvalue weighted by Crippen LogP contribution is -2.48. The fourth-order valence-electron chi connectivity index (χ4n) is 4.24. The van der Waals surface area contributed by atoms with Crippen LogP contribution in [0.15, 0.2) is 18.2 Å². The van der Waals surface area contributed by atoms with Crippen molar-refractivity contribution < 1.29 is 0 Å². The fourth-order valence-corrected chi connectivity index (χ4v) is 4.24. The number of rotatable bonds is 3. The summed E-state index contributed by atoms with van der Waals surface area (Å²) in [4.78, 5) is 0. The van der Waals surface area contributed by atoms with Gasteiger partial charge in [0.1, 0.15) is 0 Å². The molecule has 3 atom stereocenters. The lowest BCUT2D eigenvalue weighted by molar-refractivity contribution is 0.217. The van der Waals surface area contributed by atoms with Gasteiger partial charge in [-0.05, 0) is 63.6 Å². The molecule has 2 nitrogen and oxygen atoms in total. The zero-order valence-corrected chi connectivity index (χ0v) is 13.6. The number of hydrogen-bond donors (Lipinski definition) is 2. The minimum absolute atomic E-state index is 0.649. The molecule has 1 saturated carbocycles. The number of piperidine rings is 1. The molecule has 21 heavy (non-hydrogen) atoms. The highest BCUT2D eigenvalue weighted by molar-refractivity contribution is 5.52. The minimum Gasteiger partial charge on any atom is -0.382 e. The second-order valence-electron chi connectivity index (χ2n) is 7.07.